The molecule has 0 atom stereocenters. The van der Waals surface area contributed by atoms with Crippen molar-refractivity contribution in [3.8, 4) is 0 Å². The van der Waals surface area contributed by atoms with Crippen LogP contribution in [-0.4, -0.2) is 27.6 Å². The fourth-order valence-corrected chi connectivity index (χ4v) is 4.02. The molecule has 0 unspecified atom stereocenters. The van der Waals surface area contributed by atoms with E-state index < -0.39 is 29.0 Å². The number of halogens is 5. The molecule has 18 heavy (non-hydrogen) atoms. The summed E-state index contributed by atoms with van der Waals surface area (Å²) >= 11 is 9.53. The first-order valence-corrected chi connectivity index (χ1v) is 10.1. The lowest BCUT2D eigenvalue weighted by Crippen LogP contribution is -2.45. The van der Waals surface area contributed by atoms with Gasteiger partial charge in [0.1, 0.15) is 0 Å². The molecular formula is C8H17Cl2F3O3SSi. The normalized spacial score (nSPS) is 13.9. The molecule has 0 fully saturated rings. The summed E-state index contributed by atoms with van der Waals surface area (Å²) in [6, 6.07) is 0. The molecule has 0 bridgehead atoms. The molecule has 0 saturated heterocycles. The lowest BCUT2D eigenvalue weighted by Gasteiger charge is -2.35. The van der Waals surface area contributed by atoms with Crippen molar-refractivity contribution in [3.05, 3.63) is 0 Å². The first-order valence-electron chi connectivity index (χ1n) is 4.76. The third-order valence-electron chi connectivity index (χ3n) is 2.41. The fraction of sp³-hybridized carbons (Fsp3) is 1.00. The van der Waals surface area contributed by atoms with Gasteiger partial charge in [-0.05, 0) is 18.1 Å². The predicted octanol–water partition coefficient (Wildman–Crippen LogP) is 4.28. The monoisotopic (exact) mass is 348 g/mol. The van der Waals surface area contributed by atoms with Crippen molar-refractivity contribution in [2.45, 2.75) is 44.4 Å². The minimum Gasteiger partial charge on any atom is -0.308 e. The van der Waals surface area contributed by atoms with Crippen molar-refractivity contribution in [1.82, 2.24) is 0 Å². The lowest BCUT2D eigenvalue weighted by molar-refractivity contribution is -0.0504. The van der Waals surface area contributed by atoms with Crippen LogP contribution in [0.2, 0.25) is 18.1 Å². The molecule has 0 saturated carbocycles. The van der Waals surface area contributed by atoms with Crippen LogP contribution in [0, 0.1) is 0 Å². The minimum atomic E-state index is -5.48. The van der Waals surface area contributed by atoms with Crippen LogP contribution < -0.4 is 0 Å². The number of rotatable bonds is 2. The summed E-state index contributed by atoms with van der Waals surface area (Å²) in [6.07, 6.45) is 0. The van der Waals surface area contributed by atoms with E-state index in [1.54, 1.807) is 20.8 Å². The van der Waals surface area contributed by atoms with Gasteiger partial charge < -0.3 is 3.87 Å². The van der Waals surface area contributed by atoms with Gasteiger partial charge in [0.15, 0.2) is 0 Å². The quantitative estimate of drug-likeness (QED) is 0.425. The summed E-state index contributed by atoms with van der Waals surface area (Å²) < 4.78 is 62.1. The fourth-order valence-electron chi connectivity index (χ4n) is 0.447. The summed E-state index contributed by atoms with van der Waals surface area (Å²) in [7, 11) is -8.43. The first-order chi connectivity index (χ1) is 7.62. The Morgan fingerprint density at radius 1 is 1.11 bits per heavy atom. The smallest absolute Gasteiger partial charge is 0.308 e. The third kappa shape index (κ3) is 6.60. The molecule has 0 aromatic heterocycles. The van der Waals surface area contributed by atoms with Gasteiger partial charge in [0.2, 0.25) is 8.32 Å². The van der Waals surface area contributed by atoms with Gasteiger partial charge in [-0.2, -0.15) is 21.6 Å². The van der Waals surface area contributed by atoms with Crippen LogP contribution >= 0.6 is 23.2 Å². The van der Waals surface area contributed by atoms with E-state index in [2.05, 4.69) is 3.87 Å². The predicted molar refractivity (Wildman–Crippen MR) is 69.8 cm³/mol. The zero-order valence-corrected chi connectivity index (χ0v) is 14.1. The Morgan fingerprint density at radius 2 is 1.39 bits per heavy atom. The molecule has 0 aliphatic heterocycles. The lowest BCUT2D eigenvalue weighted by atomic mass is 10.2. The van der Waals surface area contributed by atoms with Gasteiger partial charge >= 0.3 is 15.6 Å². The maximum absolute atomic E-state index is 12.1. The number of alkyl halides is 5. The molecule has 0 amide bonds. The molecule has 0 aromatic carbocycles. The maximum atomic E-state index is 12.1. The van der Waals surface area contributed by atoms with Crippen molar-refractivity contribution in [2.75, 3.05) is 5.34 Å². The third-order valence-corrected chi connectivity index (χ3v) is 9.13. The molecule has 0 heterocycles. The van der Waals surface area contributed by atoms with Crippen molar-refractivity contribution >= 4 is 41.6 Å². The molecule has 0 N–H and O–H groups in total. The van der Waals surface area contributed by atoms with Gasteiger partial charge in [-0.25, -0.2) is 0 Å². The Bertz CT molecular complexity index is 350. The van der Waals surface area contributed by atoms with E-state index in [4.69, 9.17) is 23.2 Å². The highest BCUT2D eigenvalue weighted by atomic mass is 35.5. The van der Waals surface area contributed by atoms with Crippen LogP contribution in [0.15, 0.2) is 0 Å². The molecule has 0 aliphatic carbocycles. The van der Waals surface area contributed by atoms with E-state index in [0.717, 1.165) is 0 Å². The van der Waals surface area contributed by atoms with Gasteiger partial charge in [-0.15, -0.1) is 23.2 Å². The number of hydrogen-bond acceptors (Lipinski definition) is 3. The molecule has 112 valence electrons. The van der Waals surface area contributed by atoms with Gasteiger partial charge in [0.25, 0.3) is 0 Å². The molecule has 10 heteroatoms. The van der Waals surface area contributed by atoms with E-state index in [0.29, 0.717) is 0 Å². The van der Waals surface area contributed by atoms with Crippen LogP contribution in [0.25, 0.3) is 0 Å². The standard InChI is InChI=1S/C7H15F3O3SSi.CH2Cl2/c1-6(2,3)15(4,5)13-14(11,12)7(8,9)10;2-1-3/h1-5H3;1H2. The van der Waals surface area contributed by atoms with E-state index >= 15 is 0 Å². The van der Waals surface area contributed by atoms with Crippen LogP contribution in [-0.2, 0) is 14.0 Å². The van der Waals surface area contributed by atoms with Crippen molar-refractivity contribution in [2.24, 2.45) is 0 Å². The second-order valence-corrected chi connectivity index (χ2v) is 12.2. The van der Waals surface area contributed by atoms with Gasteiger partial charge in [-0.1, -0.05) is 20.8 Å². The van der Waals surface area contributed by atoms with Crippen LogP contribution in [0.3, 0.4) is 0 Å². The van der Waals surface area contributed by atoms with Crippen LogP contribution in [0.4, 0.5) is 13.2 Å². The van der Waals surface area contributed by atoms with Gasteiger partial charge in [-0.3, -0.25) is 0 Å². The SMILES string of the molecule is CC(C)(C)[Si](C)(C)OS(=O)(=O)C(F)(F)F.ClCCl. The van der Waals surface area contributed by atoms with Gasteiger partial charge in [0.05, 0.1) is 5.34 Å². The first kappa shape index (κ1) is 20.8. The van der Waals surface area contributed by atoms with E-state index in [-0.39, 0.29) is 5.34 Å². The summed E-state index contributed by atoms with van der Waals surface area (Å²) in [4.78, 5) is 0. The van der Waals surface area contributed by atoms with E-state index in [9.17, 15) is 21.6 Å². The largest absolute Gasteiger partial charge is 0.522 e. The second kappa shape index (κ2) is 6.78. The molecule has 0 aromatic rings. The summed E-state index contributed by atoms with van der Waals surface area (Å²) in [5.74, 6) is 0. The molecule has 0 aliphatic rings. The second-order valence-electron chi connectivity index (χ2n) is 4.84. The molecule has 0 rings (SSSR count). The van der Waals surface area contributed by atoms with E-state index in [1.165, 1.54) is 13.1 Å². The molecule has 3 nitrogen and oxygen atoms in total. The zero-order valence-electron chi connectivity index (χ0n) is 10.7. The maximum Gasteiger partial charge on any atom is 0.522 e. The summed E-state index contributed by atoms with van der Waals surface area (Å²) in [6.45, 7) is 7.86. The molecule has 0 radical (unpaired) electrons. The highest BCUT2D eigenvalue weighted by molar-refractivity contribution is 7.88. The van der Waals surface area contributed by atoms with Crippen LogP contribution in [0.1, 0.15) is 20.8 Å². The van der Waals surface area contributed by atoms with Gasteiger partial charge in [0, 0.05) is 0 Å². The Morgan fingerprint density at radius 3 is 1.56 bits per heavy atom. The summed E-state index contributed by atoms with van der Waals surface area (Å²) in [5.41, 5.74) is -5.34. The molecular weight excluding hydrogens is 332 g/mol. The Hall–Kier alpha value is 0.497. The average Bonchev–Trinajstić information content (AvgIpc) is 1.98. The van der Waals surface area contributed by atoms with Crippen molar-refractivity contribution in [1.29, 1.82) is 0 Å². The highest BCUT2D eigenvalue weighted by Gasteiger charge is 2.52. The molecule has 0 spiro atoms. The highest BCUT2D eigenvalue weighted by Crippen LogP contribution is 2.40. The Balaban J connectivity index is 0. The summed E-state index contributed by atoms with van der Waals surface area (Å²) in [5, 5.41) is -0.397. The van der Waals surface area contributed by atoms with Crippen LogP contribution in [0.5, 0.6) is 0 Å². The van der Waals surface area contributed by atoms with E-state index in [1.807, 2.05) is 0 Å². The topological polar surface area (TPSA) is 43.4 Å². The Kier molecular flexibility index (Phi) is 7.84. The minimum absolute atomic E-state index is 0.194. The average molecular weight is 349 g/mol. The van der Waals surface area contributed by atoms with Crippen molar-refractivity contribution in [3.63, 3.8) is 0 Å². The number of hydrogen-bond donors (Lipinski definition) is 0. The zero-order chi connectivity index (χ0) is 15.4. The Labute approximate surface area is 117 Å². The van der Waals surface area contributed by atoms with Crippen molar-refractivity contribution < 1.29 is 25.5 Å².